The molecule has 0 spiro atoms. The van der Waals surface area contributed by atoms with E-state index >= 15 is 0 Å². The zero-order valence-corrected chi connectivity index (χ0v) is 11.9. The Morgan fingerprint density at radius 1 is 1.31 bits per heavy atom. The van der Waals surface area contributed by atoms with E-state index in [-0.39, 0.29) is 0 Å². The van der Waals surface area contributed by atoms with Crippen LogP contribution in [0.15, 0.2) is 34.8 Å². The van der Waals surface area contributed by atoms with Gasteiger partial charge in [-0.05, 0) is 31.3 Å². The molecule has 2 aromatic rings. The molecular weight excluding hydrogens is 306 g/mol. The molecule has 1 N–H and O–H groups in total. The number of nitrogens with one attached hydrogen (secondary N) is 1. The topological polar surface area (TPSA) is 12.0 Å². The van der Waals surface area contributed by atoms with Crippen molar-refractivity contribution in [1.82, 2.24) is 5.32 Å². The van der Waals surface area contributed by atoms with Crippen molar-refractivity contribution in [1.29, 1.82) is 0 Å². The van der Waals surface area contributed by atoms with Gasteiger partial charge in [0, 0.05) is 31.4 Å². The number of hydrogen-bond acceptors (Lipinski definition) is 2. The molecule has 0 saturated heterocycles. The van der Waals surface area contributed by atoms with Gasteiger partial charge < -0.3 is 5.32 Å². The average molecular weight is 317 g/mol. The van der Waals surface area contributed by atoms with Crippen molar-refractivity contribution in [2.45, 2.75) is 6.54 Å². The van der Waals surface area contributed by atoms with Crippen molar-refractivity contribution in [3.8, 4) is 10.4 Å². The van der Waals surface area contributed by atoms with Gasteiger partial charge in [0.05, 0.1) is 0 Å². The minimum absolute atomic E-state index is 0.752. The fraction of sp³-hybridized carbons (Fsp3) is 0.167. The summed E-state index contributed by atoms with van der Waals surface area (Å²) in [5.74, 6) is 0. The quantitative estimate of drug-likeness (QED) is 0.876. The van der Waals surface area contributed by atoms with E-state index in [0.29, 0.717) is 0 Å². The van der Waals surface area contributed by atoms with Gasteiger partial charge in [0.1, 0.15) is 0 Å². The third kappa shape index (κ3) is 2.66. The molecule has 0 amide bonds. The molecule has 1 aromatic carbocycles. The largest absolute Gasteiger partial charge is 0.315 e. The Morgan fingerprint density at radius 3 is 2.81 bits per heavy atom. The first-order valence-electron chi connectivity index (χ1n) is 4.89. The molecule has 1 nitrogen and oxygen atoms in total. The first-order valence-corrected chi connectivity index (χ1v) is 6.88. The lowest BCUT2D eigenvalue weighted by atomic mass is 10.2. The third-order valence-corrected chi connectivity index (χ3v) is 4.22. The van der Waals surface area contributed by atoms with Gasteiger partial charge >= 0.3 is 0 Å². The van der Waals surface area contributed by atoms with E-state index in [1.807, 2.05) is 25.2 Å². The van der Waals surface area contributed by atoms with E-state index in [4.69, 9.17) is 11.6 Å². The van der Waals surface area contributed by atoms with Gasteiger partial charge in [-0.3, -0.25) is 0 Å². The highest BCUT2D eigenvalue weighted by Crippen LogP contribution is 2.34. The highest BCUT2D eigenvalue weighted by atomic mass is 79.9. The van der Waals surface area contributed by atoms with Gasteiger partial charge in [-0.1, -0.05) is 33.6 Å². The molecule has 1 aromatic heterocycles. The molecular formula is C12H11BrClNS. The summed E-state index contributed by atoms with van der Waals surface area (Å²) in [5, 5.41) is 3.90. The van der Waals surface area contributed by atoms with E-state index in [1.165, 1.54) is 15.3 Å². The molecule has 0 aliphatic rings. The monoisotopic (exact) mass is 315 g/mol. The second kappa shape index (κ2) is 5.32. The van der Waals surface area contributed by atoms with E-state index < -0.39 is 0 Å². The van der Waals surface area contributed by atoms with Crippen LogP contribution >= 0.6 is 38.9 Å². The van der Waals surface area contributed by atoms with Crippen molar-refractivity contribution < 1.29 is 0 Å². The Labute approximate surface area is 113 Å². The molecule has 0 atom stereocenters. The second-order valence-electron chi connectivity index (χ2n) is 3.42. The summed E-state index contributed by atoms with van der Waals surface area (Å²) >= 11 is 11.3. The SMILES string of the molecule is CNCc1ccc(-c2ccc(Cl)cc2Br)s1. The highest BCUT2D eigenvalue weighted by molar-refractivity contribution is 9.10. The van der Waals surface area contributed by atoms with Crippen LogP contribution in [0.1, 0.15) is 4.88 Å². The first-order chi connectivity index (χ1) is 7.70. The van der Waals surface area contributed by atoms with Crippen molar-refractivity contribution in [2.24, 2.45) is 0 Å². The summed E-state index contributed by atoms with van der Waals surface area (Å²) in [5.41, 5.74) is 1.19. The smallest absolute Gasteiger partial charge is 0.0417 e. The molecule has 16 heavy (non-hydrogen) atoms. The van der Waals surface area contributed by atoms with Crippen molar-refractivity contribution in [3.63, 3.8) is 0 Å². The number of hydrogen-bond donors (Lipinski definition) is 1. The van der Waals surface area contributed by atoms with Crippen LogP contribution in [-0.4, -0.2) is 7.05 Å². The van der Waals surface area contributed by atoms with E-state index in [1.54, 1.807) is 11.3 Å². The zero-order valence-electron chi connectivity index (χ0n) is 8.76. The minimum Gasteiger partial charge on any atom is -0.315 e. The highest BCUT2D eigenvalue weighted by Gasteiger charge is 2.06. The fourth-order valence-electron chi connectivity index (χ4n) is 1.48. The fourth-order valence-corrected chi connectivity index (χ4v) is 3.57. The Morgan fingerprint density at radius 2 is 2.12 bits per heavy atom. The molecule has 2 rings (SSSR count). The van der Waals surface area contributed by atoms with Gasteiger partial charge in [0.25, 0.3) is 0 Å². The summed E-state index contributed by atoms with van der Waals surface area (Å²) in [6, 6.07) is 10.2. The first kappa shape index (κ1) is 12.1. The lowest BCUT2D eigenvalue weighted by Crippen LogP contribution is -2.02. The van der Waals surface area contributed by atoms with Gasteiger partial charge in [-0.15, -0.1) is 11.3 Å². The van der Waals surface area contributed by atoms with Crippen molar-refractivity contribution >= 4 is 38.9 Å². The summed E-state index contributed by atoms with van der Waals surface area (Å²) in [7, 11) is 1.96. The van der Waals surface area contributed by atoms with Crippen LogP contribution in [0.4, 0.5) is 0 Å². The normalized spacial score (nSPS) is 10.7. The van der Waals surface area contributed by atoms with Gasteiger partial charge in [-0.25, -0.2) is 0 Å². The molecule has 0 bridgehead atoms. The number of halogens is 2. The molecule has 0 aliphatic heterocycles. The standard InChI is InChI=1S/C12H11BrClNS/c1-15-7-9-3-5-12(16-9)10-4-2-8(14)6-11(10)13/h2-6,15H,7H2,1H3. The van der Waals surface area contributed by atoms with Crippen LogP contribution in [0.25, 0.3) is 10.4 Å². The Hall–Kier alpha value is -0.350. The van der Waals surface area contributed by atoms with Crippen LogP contribution in [0, 0.1) is 0 Å². The second-order valence-corrected chi connectivity index (χ2v) is 5.88. The lowest BCUT2D eigenvalue weighted by molar-refractivity contribution is 0.831. The van der Waals surface area contributed by atoms with Gasteiger partial charge in [-0.2, -0.15) is 0 Å². The molecule has 0 aliphatic carbocycles. The average Bonchev–Trinajstić information content (AvgIpc) is 2.67. The van der Waals surface area contributed by atoms with Gasteiger partial charge in [0.2, 0.25) is 0 Å². The Balaban J connectivity index is 2.35. The zero-order chi connectivity index (χ0) is 11.5. The maximum Gasteiger partial charge on any atom is 0.0417 e. The molecule has 1 heterocycles. The molecule has 4 heteroatoms. The van der Waals surface area contributed by atoms with Crippen LogP contribution in [0.3, 0.4) is 0 Å². The summed E-state index contributed by atoms with van der Waals surface area (Å²) in [6.07, 6.45) is 0. The van der Waals surface area contributed by atoms with Crippen LogP contribution < -0.4 is 5.32 Å². The van der Waals surface area contributed by atoms with E-state index in [0.717, 1.165) is 16.0 Å². The molecule has 0 fully saturated rings. The molecule has 0 radical (unpaired) electrons. The van der Waals surface area contributed by atoms with E-state index in [9.17, 15) is 0 Å². The summed E-state index contributed by atoms with van der Waals surface area (Å²) in [4.78, 5) is 2.59. The third-order valence-electron chi connectivity index (χ3n) is 2.21. The molecule has 0 saturated carbocycles. The van der Waals surface area contributed by atoms with Crippen molar-refractivity contribution in [2.75, 3.05) is 7.05 Å². The van der Waals surface area contributed by atoms with E-state index in [2.05, 4.69) is 33.4 Å². The molecule has 84 valence electrons. The predicted octanol–water partition coefficient (Wildman–Crippen LogP) is 4.55. The minimum atomic E-state index is 0.752. The number of thiophene rings is 1. The maximum absolute atomic E-state index is 5.92. The number of rotatable bonds is 3. The Kier molecular flexibility index (Phi) is 4.03. The van der Waals surface area contributed by atoms with Crippen molar-refractivity contribution in [3.05, 3.63) is 44.7 Å². The predicted molar refractivity (Wildman–Crippen MR) is 75.2 cm³/mol. The summed E-state index contributed by atoms with van der Waals surface area (Å²) < 4.78 is 1.04. The lowest BCUT2D eigenvalue weighted by Gasteiger charge is -2.01. The van der Waals surface area contributed by atoms with Crippen LogP contribution in [-0.2, 0) is 6.54 Å². The summed E-state index contributed by atoms with van der Waals surface area (Å²) in [6.45, 7) is 0.913. The van der Waals surface area contributed by atoms with Crippen LogP contribution in [0.2, 0.25) is 5.02 Å². The van der Waals surface area contributed by atoms with Crippen LogP contribution in [0.5, 0.6) is 0 Å². The Bertz CT molecular complexity index is 496. The number of benzene rings is 1. The maximum atomic E-state index is 5.92. The van der Waals surface area contributed by atoms with Gasteiger partial charge in [0.15, 0.2) is 0 Å². The molecule has 0 unspecified atom stereocenters.